The first-order valence-corrected chi connectivity index (χ1v) is 8.94. The quantitative estimate of drug-likeness (QED) is 0.663. The van der Waals surface area contributed by atoms with Crippen LogP contribution in [0.3, 0.4) is 0 Å². The molecule has 1 aromatic rings. The molecule has 0 saturated carbocycles. The lowest BCUT2D eigenvalue weighted by Gasteiger charge is -2.30. The van der Waals surface area contributed by atoms with Crippen LogP contribution in [0, 0.1) is 0 Å². The lowest BCUT2D eigenvalue weighted by Crippen LogP contribution is -2.47. The maximum atomic E-state index is 5.78. The SMILES string of the molecule is CCN(CC)CCNC(=S)N(CCOc1ccccc1)C(C)C. The second kappa shape index (κ2) is 11.2. The van der Waals surface area contributed by atoms with Crippen molar-refractivity contribution in [1.29, 1.82) is 0 Å². The Labute approximate surface area is 146 Å². The van der Waals surface area contributed by atoms with E-state index in [2.05, 4.69) is 42.8 Å². The van der Waals surface area contributed by atoms with Crippen molar-refractivity contribution in [3.63, 3.8) is 0 Å². The second-order valence-corrected chi connectivity index (χ2v) is 6.09. The molecule has 4 nitrogen and oxygen atoms in total. The van der Waals surface area contributed by atoms with Crippen molar-refractivity contribution >= 4 is 17.3 Å². The van der Waals surface area contributed by atoms with Crippen molar-refractivity contribution in [3.05, 3.63) is 30.3 Å². The van der Waals surface area contributed by atoms with Gasteiger partial charge in [0.15, 0.2) is 5.11 Å². The Morgan fingerprint density at radius 2 is 1.78 bits per heavy atom. The van der Waals surface area contributed by atoms with Gasteiger partial charge in [-0.1, -0.05) is 32.0 Å². The molecule has 0 heterocycles. The molecular formula is C18H31N3OS. The summed E-state index contributed by atoms with van der Waals surface area (Å²) >= 11 is 5.55. The lowest BCUT2D eigenvalue weighted by molar-refractivity contribution is 0.244. The van der Waals surface area contributed by atoms with Crippen LogP contribution in [0.5, 0.6) is 5.75 Å². The number of nitrogens with zero attached hydrogens (tertiary/aromatic N) is 2. The molecule has 0 spiro atoms. The molecule has 130 valence electrons. The molecule has 0 bridgehead atoms. The van der Waals surface area contributed by atoms with Crippen LogP contribution in [0.2, 0.25) is 0 Å². The van der Waals surface area contributed by atoms with E-state index < -0.39 is 0 Å². The average molecular weight is 338 g/mol. The van der Waals surface area contributed by atoms with Crippen LogP contribution in [-0.2, 0) is 0 Å². The summed E-state index contributed by atoms with van der Waals surface area (Å²) in [7, 11) is 0. The number of hydrogen-bond acceptors (Lipinski definition) is 3. The summed E-state index contributed by atoms with van der Waals surface area (Å²) in [6, 6.07) is 10.2. The molecule has 0 atom stereocenters. The lowest BCUT2D eigenvalue weighted by atomic mass is 10.3. The molecule has 0 saturated heterocycles. The molecular weight excluding hydrogens is 306 g/mol. The fourth-order valence-electron chi connectivity index (χ4n) is 2.34. The fraction of sp³-hybridized carbons (Fsp3) is 0.611. The number of hydrogen-bond donors (Lipinski definition) is 1. The van der Waals surface area contributed by atoms with Crippen LogP contribution in [0.15, 0.2) is 30.3 Å². The first-order chi connectivity index (χ1) is 11.1. The highest BCUT2D eigenvalue weighted by molar-refractivity contribution is 7.80. The molecule has 0 aliphatic carbocycles. The molecule has 0 radical (unpaired) electrons. The minimum atomic E-state index is 0.350. The van der Waals surface area contributed by atoms with Gasteiger partial charge in [0, 0.05) is 19.1 Å². The van der Waals surface area contributed by atoms with Gasteiger partial charge in [0.05, 0.1) is 6.54 Å². The molecule has 0 aliphatic rings. The number of thiocarbonyl (C=S) groups is 1. The maximum Gasteiger partial charge on any atom is 0.169 e. The minimum absolute atomic E-state index is 0.350. The highest BCUT2D eigenvalue weighted by atomic mass is 32.1. The zero-order valence-corrected chi connectivity index (χ0v) is 15.7. The summed E-state index contributed by atoms with van der Waals surface area (Å²) in [6.07, 6.45) is 0. The summed E-state index contributed by atoms with van der Waals surface area (Å²) < 4.78 is 5.78. The first kappa shape index (κ1) is 19.7. The third kappa shape index (κ3) is 7.66. The molecule has 1 N–H and O–H groups in total. The van der Waals surface area contributed by atoms with Crippen molar-refractivity contribution in [2.45, 2.75) is 33.7 Å². The maximum absolute atomic E-state index is 5.78. The third-order valence-corrected chi connectivity index (χ3v) is 4.21. The molecule has 1 rings (SSSR count). The summed E-state index contributed by atoms with van der Waals surface area (Å²) in [5.74, 6) is 0.900. The van der Waals surface area contributed by atoms with Gasteiger partial charge < -0.3 is 19.9 Å². The number of para-hydroxylation sites is 1. The first-order valence-electron chi connectivity index (χ1n) is 8.53. The van der Waals surface area contributed by atoms with E-state index in [0.717, 1.165) is 43.6 Å². The van der Waals surface area contributed by atoms with Crippen molar-refractivity contribution in [2.75, 3.05) is 39.3 Å². The molecule has 5 heteroatoms. The summed E-state index contributed by atoms with van der Waals surface area (Å²) in [5, 5.41) is 4.18. The molecule has 1 aromatic carbocycles. The van der Waals surface area contributed by atoms with Crippen molar-refractivity contribution in [1.82, 2.24) is 15.1 Å². The van der Waals surface area contributed by atoms with Crippen LogP contribution in [0.1, 0.15) is 27.7 Å². The van der Waals surface area contributed by atoms with Crippen LogP contribution in [-0.4, -0.2) is 60.3 Å². The van der Waals surface area contributed by atoms with Gasteiger partial charge in [0.2, 0.25) is 0 Å². The van der Waals surface area contributed by atoms with Gasteiger partial charge in [-0.05, 0) is 51.3 Å². The Morgan fingerprint density at radius 3 is 2.35 bits per heavy atom. The predicted molar refractivity (Wildman–Crippen MR) is 102 cm³/mol. The van der Waals surface area contributed by atoms with E-state index in [4.69, 9.17) is 17.0 Å². The third-order valence-electron chi connectivity index (χ3n) is 3.83. The number of ether oxygens (including phenoxy) is 1. The highest BCUT2D eigenvalue weighted by Gasteiger charge is 2.13. The molecule has 0 aromatic heterocycles. The van der Waals surface area contributed by atoms with Gasteiger partial charge in [0.1, 0.15) is 12.4 Å². The molecule has 0 amide bonds. The Hall–Kier alpha value is -1.33. The van der Waals surface area contributed by atoms with E-state index in [-0.39, 0.29) is 0 Å². The Morgan fingerprint density at radius 1 is 1.13 bits per heavy atom. The van der Waals surface area contributed by atoms with Gasteiger partial charge in [-0.3, -0.25) is 0 Å². The number of benzene rings is 1. The molecule has 23 heavy (non-hydrogen) atoms. The van der Waals surface area contributed by atoms with E-state index in [9.17, 15) is 0 Å². The summed E-state index contributed by atoms with van der Waals surface area (Å²) in [5.41, 5.74) is 0. The van der Waals surface area contributed by atoms with Gasteiger partial charge in [-0.15, -0.1) is 0 Å². The molecule has 0 unspecified atom stereocenters. The minimum Gasteiger partial charge on any atom is -0.492 e. The Balaban J connectivity index is 2.36. The number of rotatable bonds is 10. The topological polar surface area (TPSA) is 27.7 Å². The number of nitrogens with one attached hydrogen (secondary N) is 1. The van der Waals surface area contributed by atoms with Crippen LogP contribution in [0.4, 0.5) is 0 Å². The molecule has 0 aliphatic heterocycles. The van der Waals surface area contributed by atoms with Gasteiger partial charge in [-0.2, -0.15) is 0 Å². The van der Waals surface area contributed by atoms with Crippen LogP contribution >= 0.6 is 12.2 Å². The van der Waals surface area contributed by atoms with E-state index >= 15 is 0 Å². The Bertz CT molecular complexity index is 435. The number of likely N-dealkylation sites (N-methyl/N-ethyl adjacent to an activating group) is 1. The van der Waals surface area contributed by atoms with Gasteiger partial charge in [0.25, 0.3) is 0 Å². The van der Waals surface area contributed by atoms with Crippen LogP contribution in [0.25, 0.3) is 0 Å². The van der Waals surface area contributed by atoms with E-state index in [1.54, 1.807) is 0 Å². The largest absolute Gasteiger partial charge is 0.492 e. The summed E-state index contributed by atoms with van der Waals surface area (Å²) in [6.45, 7) is 14.1. The smallest absolute Gasteiger partial charge is 0.169 e. The van der Waals surface area contributed by atoms with E-state index in [1.807, 2.05) is 30.3 Å². The molecule has 0 fully saturated rings. The summed E-state index contributed by atoms with van der Waals surface area (Å²) in [4.78, 5) is 4.56. The Kier molecular flexibility index (Phi) is 9.64. The van der Waals surface area contributed by atoms with Crippen molar-refractivity contribution in [2.24, 2.45) is 0 Å². The normalized spacial score (nSPS) is 10.9. The monoisotopic (exact) mass is 337 g/mol. The fourth-order valence-corrected chi connectivity index (χ4v) is 2.74. The van der Waals surface area contributed by atoms with E-state index in [0.29, 0.717) is 12.6 Å². The average Bonchev–Trinajstić information content (AvgIpc) is 2.56. The zero-order chi connectivity index (χ0) is 17.1. The van der Waals surface area contributed by atoms with Gasteiger partial charge in [-0.25, -0.2) is 0 Å². The van der Waals surface area contributed by atoms with Gasteiger partial charge >= 0.3 is 0 Å². The zero-order valence-electron chi connectivity index (χ0n) is 14.9. The standard InChI is InChI=1S/C18H31N3OS/c1-5-20(6-2)13-12-19-18(23)21(16(3)4)14-15-22-17-10-8-7-9-11-17/h7-11,16H,5-6,12-15H2,1-4H3,(H,19,23). The van der Waals surface area contributed by atoms with Crippen LogP contribution < -0.4 is 10.1 Å². The highest BCUT2D eigenvalue weighted by Crippen LogP contribution is 2.08. The van der Waals surface area contributed by atoms with Crippen molar-refractivity contribution in [3.8, 4) is 5.75 Å². The van der Waals surface area contributed by atoms with Crippen molar-refractivity contribution < 1.29 is 4.74 Å². The van der Waals surface area contributed by atoms with E-state index in [1.165, 1.54) is 0 Å². The second-order valence-electron chi connectivity index (χ2n) is 5.71. The predicted octanol–water partition coefficient (Wildman–Crippen LogP) is 2.99.